The SMILES string of the molecule is c1ccc(-n2c3cc4ccccc4cc3c3c(-c4nc(-c5ccc6cc(-c7nc8ccccc8o7)ccc6c5)nc(-c5ccc6cc(-c7nc8ccccc8o7)ccc6c5)n4)c4ccccc4cc32)cc1. The molecule has 330 valence electrons. The molecule has 4 heterocycles. The Morgan fingerprint density at radius 2 is 0.761 bits per heavy atom. The Hall–Kier alpha value is -9.79. The third-order valence-electron chi connectivity index (χ3n) is 13.8. The van der Waals surface area contributed by atoms with Crippen molar-refractivity contribution in [3.63, 3.8) is 0 Å². The lowest BCUT2D eigenvalue weighted by Gasteiger charge is -2.14. The maximum Gasteiger partial charge on any atom is 0.227 e. The Labute approximate surface area is 404 Å². The molecule has 0 saturated heterocycles. The van der Waals surface area contributed by atoms with Gasteiger partial charge in [0, 0.05) is 44.3 Å². The topological polar surface area (TPSA) is 95.7 Å². The average molecular weight is 909 g/mol. The van der Waals surface area contributed by atoms with E-state index in [2.05, 4.69) is 174 Å². The zero-order valence-electron chi connectivity index (χ0n) is 37.8. The van der Waals surface area contributed by atoms with Crippen LogP contribution >= 0.6 is 0 Å². The van der Waals surface area contributed by atoms with E-state index in [-0.39, 0.29) is 0 Å². The Morgan fingerprint density at radius 3 is 1.35 bits per heavy atom. The molecule has 71 heavy (non-hydrogen) atoms. The van der Waals surface area contributed by atoms with Crippen LogP contribution < -0.4 is 0 Å². The summed E-state index contributed by atoms with van der Waals surface area (Å²) in [5, 5.41) is 10.8. The lowest BCUT2D eigenvalue weighted by atomic mass is 9.96. The van der Waals surface area contributed by atoms with Crippen molar-refractivity contribution in [3.05, 3.63) is 218 Å². The molecule has 8 heteroatoms. The fourth-order valence-corrected chi connectivity index (χ4v) is 10.4. The smallest absolute Gasteiger partial charge is 0.227 e. The number of hydrogen-bond acceptors (Lipinski definition) is 7. The van der Waals surface area contributed by atoms with Crippen molar-refractivity contribution in [1.82, 2.24) is 29.5 Å². The van der Waals surface area contributed by atoms with Crippen LogP contribution in [-0.4, -0.2) is 29.5 Å². The van der Waals surface area contributed by atoms with Crippen molar-refractivity contribution in [2.75, 3.05) is 0 Å². The van der Waals surface area contributed by atoms with E-state index < -0.39 is 0 Å². The van der Waals surface area contributed by atoms with Gasteiger partial charge in [0.15, 0.2) is 28.6 Å². The number of oxazole rings is 2. The molecule has 0 saturated carbocycles. The minimum atomic E-state index is 0.569. The molecule has 0 aliphatic heterocycles. The van der Waals surface area contributed by atoms with Crippen LogP contribution in [0.3, 0.4) is 0 Å². The molecule has 4 aromatic heterocycles. The molecule has 0 atom stereocenters. The van der Waals surface area contributed by atoms with Gasteiger partial charge in [-0.05, 0) is 134 Å². The van der Waals surface area contributed by atoms with E-state index in [1.54, 1.807) is 0 Å². The highest BCUT2D eigenvalue weighted by Crippen LogP contribution is 2.44. The average Bonchev–Trinajstić information content (AvgIpc) is 4.16. The Bertz CT molecular complexity index is 4420. The Kier molecular flexibility index (Phi) is 8.49. The highest BCUT2D eigenvalue weighted by atomic mass is 16.4. The number of aromatic nitrogens is 6. The summed E-state index contributed by atoms with van der Waals surface area (Å²) >= 11 is 0. The number of fused-ring (bicyclic) bond motifs is 9. The van der Waals surface area contributed by atoms with Crippen molar-refractivity contribution in [3.8, 4) is 62.8 Å². The molecule has 0 spiro atoms. The number of benzene rings is 11. The fraction of sp³-hybridized carbons (Fsp3) is 0. The van der Waals surface area contributed by atoms with Crippen LogP contribution in [0.1, 0.15) is 0 Å². The first-order valence-electron chi connectivity index (χ1n) is 23.6. The zero-order valence-corrected chi connectivity index (χ0v) is 37.8. The summed E-state index contributed by atoms with van der Waals surface area (Å²) in [6.07, 6.45) is 0. The molecule has 0 aliphatic rings. The summed E-state index contributed by atoms with van der Waals surface area (Å²) in [6.45, 7) is 0. The van der Waals surface area contributed by atoms with E-state index >= 15 is 0 Å². The summed E-state index contributed by atoms with van der Waals surface area (Å²) < 4.78 is 14.7. The van der Waals surface area contributed by atoms with Crippen LogP contribution in [0.4, 0.5) is 0 Å². The maximum absolute atomic E-state index is 6.16. The van der Waals surface area contributed by atoms with Gasteiger partial charge in [0.1, 0.15) is 11.0 Å². The highest BCUT2D eigenvalue weighted by Gasteiger charge is 2.24. The van der Waals surface area contributed by atoms with Crippen molar-refractivity contribution in [2.24, 2.45) is 0 Å². The van der Waals surface area contributed by atoms with E-state index in [0.29, 0.717) is 29.3 Å². The Morgan fingerprint density at radius 1 is 0.310 bits per heavy atom. The summed E-state index contributed by atoms with van der Waals surface area (Å²) in [5.41, 5.74) is 10.9. The summed E-state index contributed by atoms with van der Waals surface area (Å²) in [6, 6.07) is 75.7. The third-order valence-corrected chi connectivity index (χ3v) is 13.8. The second kappa shape index (κ2) is 15.4. The molecule has 0 bridgehead atoms. The van der Waals surface area contributed by atoms with Gasteiger partial charge in [0.25, 0.3) is 0 Å². The summed E-state index contributed by atoms with van der Waals surface area (Å²) in [5.74, 6) is 2.90. The van der Waals surface area contributed by atoms with Gasteiger partial charge in [-0.3, -0.25) is 0 Å². The number of hydrogen-bond donors (Lipinski definition) is 0. The molecule has 0 unspecified atom stereocenters. The molecule has 11 aromatic carbocycles. The molecule has 0 fully saturated rings. The van der Waals surface area contributed by atoms with Crippen molar-refractivity contribution >= 4 is 87.1 Å². The predicted molar refractivity (Wildman–Crippen MR) is 287 cm³/mol. The zero-order chi connectivity index (χ0) is 46.6. The fourth-order valence-electron chi connectivity index (χ4n) is 10.4. The molecular weight excluding hydrogens is 873 g/mol. The van der Waals surface area contributed by atoms with Gasteiger partial charge in [-0.25, -0.2) is 24.9 Å². The van der Waals surface area contributed by atoms with Gasteiger partial charge < -0.3 is 13.4 Å². The first-order valence-corrected chi connectivity index (χ1v) is 23.6. The van der Waals surface area contributed by atoms with Crippen LogP contribution in [-0.2, 0) is 0 Å². The lowest BCUT2D eigenvalue weighted by molar-refractivity contribution is 0.619. The van der Waals surface area contributed by atoms with Crippen molar-refractivity contribution in [1.29, 1.82) is 0 Å². The lowest BCUT2D eigenvalue weighted by Crippen LogP contribution is -2.01. The predicted octanol–water partition coefficient (Wildman–Crippen LogP) is 16.2. The quantitative estimate of drug-likeness (QED) is 0.164. The largest absolute Gasteiger partial charge is 0.436 e. The molecule has 0 radical (unpaired) electrons. The third kappa shape index (κ3) is 6.42. The van der Waals surface area contributed by atoms with Gasteiger partial charge >= 0.3 is 0 Å². The molecule has 0 N–H and O–H groups in total. The highest BCUT2D eigenvalue weighted by molar-refractivity contribution is 6.24. The number of rotatable bonds is 6. The molecule has 15 aromatic rings. The number of nitrogens with zero attached hydrogens (tertiary/aromatic N) is 6. The van der Waals surface area contributed by atoms with Gasteiger partial charge in [-0.2, -0.15) is 0 Å². The van der Waals surface area contributed by atoms with Crippen LogP contribution in [0.25, 0.3) is 150 Å². The van der Waals surface area contributed by atoms with Crippen LogP contribution in [0, 0.1) is 0 Å². The van der Waals surface area contributed by atoms with Gasteiger partial charge in [-0.15, -0.1) is 0 Å². The van der Waals surface area contributed by atoms with E-state index in [1.807, 2.05) is 48.5 Å². The van der Waals surface area contributed by atoms with Crippen molar-refractivity contribution in [2.45, 2.75) is 0 Å². The van der Waals surface area contributed by atoms with E-state index in [1.165, 1.54) is 5.39 Å². The van der Waals surface area contributed by atoms with Crippen molar-refractivity contribution < 1.29 is 8.83 Å². The standard InChI is InChI=1S/C63H36N6O2/c1-2-15-48(16-3-1)69-53-35-38-13-5-4-12-37(38)34-50(53)57-54(69)36-43-14-6-7-17-49(43)58(57)61-67-59(44-26-22-41-32-46(28-24-39(41)30-44)62-64-51-18-8-10-20-55(51)70-62)66-60(68-61)45-27-23-42-33-47(29-25-40(42)31-45)63-65-52-19-9-11-21-56(52)71-63/h1-36H. The second-order valence-electron chi connectivity index (χ2n) is 18.1. The van der Waals surface area contributed by atoms with Gasteiger partial charge in [0.05, 0.1) is 11.0 Å². The first kappa shape index (κ1) is 39.2. The monoisotopic (exact) mass is 908 g/mol. The van der Waals surface area contributed by atoms with Gasteiger partial charge in [-0.1, -0.05) is 127 Å². The molecular formula is C63H36N6O2. The van der Waals surface area contributed by atoms with E-state index in [4.69, 9.17) is 33.8 Å². The second-order valence-corrected chi connectivity index (χ2v) is 18.1. The van der Waals surface area contributed by atoms with E-state index in [0.717, 1.165) is 115 Å². The number of para-hydroxylation sites is 5. The van der Waals surface area contributed by atoms with Crippen LogP contribution in [0.15, 0.2) is 227 Å². The van der Waals surface area contributed by atoms with E-state index in [9.17, 15) is 0 Å². The summed E-state index contributed by atoms with van der Waals surface area (Å²) in [7, 11) is 0. The minimum Gasteiger partial charge on any atom is -0.436 e. The molecule has 8 nitrogen and oxygen atoms in total. The molecule has 15 rings (SSSR count). The van der Waals surface area contributed by atoms with Gasteiger partial charge in [0.2, 0.25) is 11.8 Å². The Balaban J connectivity index is 0.958. The molecule has 0 amide bonds. The van der Waals surface area contributed by atoms with Crippen LogP contribution in [0.2, 0.25) is 0 Å². The summed E-state index contributed by atoms with van der Waals surface area (Å²) in [4.78, 5) is 25.9. The molecule has 0 aliphatic carbocycles. The van der Waals surface area contributed by atoms with Crippen LogP contribution in [0.5, 0.6) is 0 Å². The maximum atomic E-state index is 6.16. The normalized spacial score (nSPS) is 11.9. The minimum absolute atomic E-state index is 0.569. The first-order chi connectivity index (χ1) is 35.1.